The van der Waals surface area contributed by atoms with E-state index >= 15 is 0 Å². The van der Waals surface area contributed by atoms with Crippen LogP contribution in [-0.4, -0.2) is 31.2 Å². The summed E-state index contributed by atoms with van der Waals surface area (Å²) < 4.78 is 5.61. The summed E-state index contributed by atoms with van der Waals surface area (Å²) in [5.41, 5.74) is 5.56. The third-order valence-electron chi connectivity index (χ3n) is 4.77. The molecule has 0 bridgehead atoms. The van der Waals surface area contributed by atoms with Crippen LogP contribution in [0.4, 0.5) is 0 Å². The van der Waals surface area contributed by atoms with E-state index in [-0.39, 0.29) is 18.1 Å². The van der Waals surface area contributed by atoms with E-state index in [0.717, 1.165) is 25.3 Å². The standard InChI is InChI=1S/C15H28N2O2/c1-2-11-3-5-12(6-4-11)10-17-15(18)14-8-7-13(9-16)19-14/h11-14H,2-10,16H2,1H3,(H,17,18)/t11?,12?,13-,14+/m1/s1. The SMILES string of the molecule is CCC1CCC(CNC(=O)[C@@H]2CC[C@H](CN)O2)CC1. The molecule has 19 heavy (non-hydrogen) atoms. The van der Waals surface area contributed by atoms with Crippen LogP contribution in [0.2, 0.25) is 0 Å². The molecular weight excluding hydrogens is 240 g/mol. The first-order valence-electron chi connectivity index (χ1n) is 7.86. The minimum absolute atomic E-state index is 0.0635. The largest absolute Gasteiger partial charge is 0.364 e. The van der Waals surface area contributed by atoms with Crippen LogP contribution in [0.5, 0.6) is 0 Å². The Balaban J connectivity index is 1.64. The Hall–Kier alpha value is -0.610. The zero-order valence-electron chi connectivity index (χ0n) is 12.1. The molecule has 4 nitrogen and oxygen atoms in total. The highest BCUT2D eigenvalue weighted by atomic mass is 16.5. The maximum Gasteiger partial charge on any atom is 0.249 e. The number of hydrogen-bond acceptors (Lipinski definition) is 3. The van der Waals surface area contributed by atoms with E-state index < -0.39 is 0 Å². The van der Waals surface area contributed by atoms with Gasteiger partial charge in [0, 0.05) is 13.1 Å². The summed E-state index contributed by atoms with van der Waals surface area (Å²) in [5.74, 6) is 1.64. The molecule has 110 valence electrons. The molecule has 0 aromatic heterocycles. The number of ether oxygens (including phenoxy) is 1. The molecule has 0 unspecified atom stereocenters. The molecular formula is C15H28N2O2. The van der Waals surface area contributed by atoms with Gasteiger partial charge in [-0.25, -0.2) is 0 Å². The van der Waals surface area contributed by atoms with Gasteiger partial charge in [-0.05, 0) is 37.5 Å². The molecule has 2 atom stereocenters. The number of amides is 1. The average molecular weight is 268 g/mol. The minimum atomic E-state index is -0.263. The van der Waals surface area contributed by atoms with Gasteiger partial charge in [0.25, 0.3) is 0 Å². The van der Waals surface area contributed by atoms with E-state index in [2.05, 4.69) is 12.2 Å². The van der Waals surface area contributed by atoms with Crippen LogP contribution in [0.1, 0.15) is 51.9 Å². The van der Waals surface area contributed by atoms with Crippen molar-refractivity contribution in [1.82, 2.24) is 5.32 Å². The van der Waals surface area contributed by atoms with Crippen molar-refractivity contribution in [1.29, 1.82) is 0 Å². The van der Waals surface area contributed by atoms with Crippen LogP contribution in [0.15, 0.2) is 0 Å². The fraction of sp³-hybridized carbons (Fsp3) is 0.933. The predicted molar refractivity (Wildman–Crippen MR) is 75.7 cm³/mol. The number of nitrogens with two attached hydrogens (primary N) is 1. The lowest BCUT2D eigenvalue weighted by Crippen LogP contribution is -2.38. The lowest BCUT2D eigenvalue weighted by atomic mass is 9.81. The smallest absolute Gasteiger partial charge is 0.249 e. The molecule has 1 aliphatic heterocycles. The Morgan fingerprint density at radius 3 is 2.42 bits per heavy atom. The van der Waals surface area contributed by atoms with Gasteiger partial charge in [-0.3, -0.25) is 4.79 Å². The van der Waals surface area contributed by atoms with Crippen molar-refractivity contribution in [2.75, 3.05) is 13.1 Å². The highest BCUT2D eigenvalue weighted by molar-refractivity contribution is 5.81. The molecule has 0 aromatic carbocycles. The highest BCUT2D eigenvalue weighted by Gasteiger charge is 2.30. The molecule has 0 radical (unpaired) electrons. The van der Waals surface area contributed by atoms with Crippen molar-refractivity contribution in [3.63, 3.8) is 0 Å². The van der Waals surface area contributed by atoms with E-state index in [1.165, 1.54) is 32.1 Å². The second-order valence-corrected chi connectivity index (χ2v) is 6.10. The summed E-state index contributed by atoms with van der Waals surface area (Å²) in [4.78, 5) is 12.0. The van der Waals surface area contributed by atoms with Crippen molar-refractivity contribution in [3.8, 4) is 0 Å². The van der Waals surface area contributed by atoms with Gasteiger partial charge in [0.05, 0.1) is 6.10 Å². The minimum Gasteiger partial charge on any atom is -0.364 e. The molecule has 1 aliphatic carbocycles. The van der Waals surface area contributed by atoms with Gasteiger partial charge in [0.1, 0.15) is 6.10 Å². The molecule has 2 rings (SSSR count). The number of nitrogens with one attached hydrogen (secondary N) is 1. The summed E-state index contributed by atoms with van der Waals surface area (Å²) >= 11 is 0. The van der Waals surface area contributed by atoms with Crippen LogP contribution in [0.25, 0.3) is 0 Å². The second-order valence-electron chi connectivity index (χ2n) is 6.10. The lowest BCUT2D eigenvalue weighted by molar-refractivity contribution is -0.132. The molecule has 3 N–H and O–H groups in total. The highest BCUT2D eigenvalue weighted by Crippen LogP contribution is 2.30. The van der Waals surface area contributed by atoms with E-state index in [4.69, 9.17) is 10.5 Å². The zero-order valence-corrected chi connectivity index (χ0v) is 12.1. The fourth-order valence-corrected chi connectivity index (χ4v) is 3.27. The van der Waals surface area contributed by atoms with Crippen LogP contribution in [-0.2, 0) is 9.53 Å². The van der Waals surface area contributed by atoms with Crippen molar-refractivity contribution in [2.24, 2.45) is 17.6 Å². The van der Waals surface area contributed by atoms with Gasteiger partial charge in [-0.15, -0.1) is 0 Å². The molecule has 4 heteroatoms. The second kappa shape index (κ2) is 7.25. The first-order chi connectivity index (χ1) is 9.22. The molecule has 2 fully saturated rings. The normalized spacial score (nSPS) is 35.3. The summed E-state index contributed by atoms with van der Waals surface area (Å²) in [7, 11) is 0. The Kier molecular flexibility index (Phi) is 5.64. The Morgan fingerprint density at radius 2 is 1.84 bits per heavy atom. The summed E-state index contributed by atoms with van der Waals surface area (Å²) in [5, 5.41) is 3.07. The molecule has 0 aromatic rings. The molecule has 1 amide bonds. The number of rotatable bonds is 5. The Bertz CT molecular complexity index is 288. The zero-order chi connectivity index (χ0) is 13.7. The summed E-state index contributed by atoms with van der Waals surface area (Å²) in [6, 6.07) is 0. The van der Waals surface area contributed by atoms with Crippen molar-refractivity contribution >= 4 is 5.91 Å². The predicted octanol–water partition coefficient (Wildman–Crippen LogP) is 1.83. The monoisotopic (exact) mass is 268 g/mol. The first-order valence-corrected chi connectivity index (χ1v) is 7.86. The topological polar surface area (TPSA) is 64.4 Å². The Morgan fingerprint density at radius 1 is 1.16 bits per heavy atom. The fourth-order valence-electron chi connectivity index (χ4n) is 3.27. The van der Waals surface area contributed by atoms with E-state index in [1.54, 1.807) is 0 Å². The van der Waals surface area contributed by atoms with Crippen molar-refractivity contribution < 1.29 is 9.53 Å². The number of carbonyl (C=O) groups excluding carboxylic acids is 1. The van der Waals surface area contributed by atoms with Crippen LogP contribution >= 0.6 is 0 Å². The van der Waals surface area contributed by atoms with E-state index in [0.29, 0.717) is 12.5 Å². The molecule has 1 saturated heterocycles. The van der Waals surface area contributed by atoms with Gasteiger partial charge < -0.3 is 15.8 Å². The van der Waals surface area contributed by atoms with Crippen LogP contribution in [0.3, 0.4) is 0 Å². The van der Waals surface area contributed by atoms with Gasteiger partial charge in [-0.2, -0.15) is 0 Å². The quantitative estimate of drug-likeness (QED) is 0.799. The first kappa shape index (κ1) is 14.8. The molecule has 1 heterocycles. The lowest BCUT2D eigenvalue weighted by Gasteiger charge is -2.28. The molecule has 0 spiro atoms. The summed E-state index contributed by atoms with van der Waals surface area (Å²) in [6.45, 7) is 3.62. The van der Waals surface area contributed by atoms with Gasteiger partial charge >= 0.3 is 0 Å². The third-order valence-corrected chi connectivity index (χ3v) is 4.77. The average Bonchev–Trinajstić information content (AvgIpc) is 2.94. The molecule has 1 saturated carbocycles. The van der Waals surface area contributed by atoms with Crippen LogP contribution in [0, 0.1) is 11.8 Å². The van der Waals surface area contributed by atoms with E-state index in [1.807, 2.05) is 0 Å². The van der Waals surface area contributed by atoms with Gasteiger partial charge in [0.15, 0.2) is 0 Å². The van der Waals surface area contributed by atoms with Crippen LogP contribution < -0.4 is 11.1 Å². The maximum absolute atomic E-state index is 12.0. The number of carbonyl (C=O) groups is 1. The number of hydrogen-bond donors (Lipinski definition) is 2. The third kappa shape index (κ3) is 4.18. The maximum atomic E-state index is 12.0. The van der Waals surface area contributed by atoms with Gasteiger partial charge in [-0.1, -0.05) is 26.2 Å². The molecule has 2 aliphatic rings. The van der Waals surface area contributed by atoms with Crippen molar-refractivity contribution in [2.45, 2.75) is 64.1 Å². The summed E-state index contributed by atoms with van der Waals surface area (Å²) in [6.07, 6.45) is 8.02. The van der Waals surface area contributed by atoms with E-state index in [9.17, 15) is 4.79 Å². The Labute approximate surface area is 116 Å². The van der Waals surface area contributed by atoms with Gasteiger partial charge in [0.2, 0.25) is 5.91 Å². The van der Waals surface area contributed by atoms with Crippen molar-refractivity contribution in [3.05, 3.63) is 0 Å².